The molecule has 10 nitrogen and oxygen atoms in total. The summed E-state index contributed by atoms with van der Waals surface area (Å²) in [7, 11) is 0. The van der Waals surface area contributed by atoms with E-state index in [1.807, 2.05) is 6.07 Å². The number of carbonyl (C=O) groups excluding carboxylic acids is 2. The van der Waals surface area contributed by atoms with Gasteiger partial charge in [0.2, 0.25) is 0 Å². The molecule has 0 bridgehead atoms. The smallest absolute Gasteiger partial charge is 0.345 e. The number of benzene rings is 1. The number of thiophene rings is 1. The molecule has 218 valence electrons. The predicted molar refractivity (Wildman–Crippen MR) is 163 cm³/mol. The van der Waals surface area contributed by atoms with Crippen LogP contribution in [0.5, 0.6) is 0 Å². The standard InChI is InChI=1S/C32H29N5O5S/c38-29(24-2-1-11-34-28(24)36-18-32(19-36)9-14-42-15-10-32)35-22-5-3-20(4-6-22)30(39)37-13-8-21-16-26(31(40)41)43-27(21)23-7-12-33-17-25(23)37/h1-7,11-12,16-17H,8-10,13-15,18-19H2,(H,35,38)(H,40,41). The van der Waals surface area contributed by atoms with Crippen molar-refractivity contribution in [3.05, 3.63) is 88.7 Å². The lowest BCUT2D eigenvalue weighted by atomic mass is 9.73. The Hall–Kier alpha value is -4.61. The van der Waals surface area contributed by atoms with Crippen molar-refractivity contribution in [1.29, 1.82) is 0 Å². The lowest BCUT2D eigenvalue weighted by Gasteiger charge is -2.53. The second-order valence-corrected chi connectivity index (χ2v) is 12.3. The van der Waals surface area contributed by atoms with Crippen LogP contribution in [0.2, 0.25) is 0 Å². The summed E-state index contributed by atoms with van der Waals surface area (Å²) >= 11 is 1.21. The highest BCUT2D eigenvalue weighted by atomic mass is 32.1. The van der Waals surface area contributed by atoms with Gasteiger partial charge in [0.1, 0.15) is 10.7 Å². The Balaban J connectivity index is 1.06. The van der Waals surface area contributed by atoms with Crippen molar-refractivity contribution in [2.45, 2.75) is 19.3 Å². The normalized spacial score (nSPS) is 16.9. The van der Waals surface area contributed by atoms with Crippen LogP contribution in [-0.2, 0) is 11.2 Å². The fourth-order valence-electron chi connectivity index (χ4n) is 6.22. The molecule has 0 saturated carbocycles. The van der Waals surface area contributed by atoms with Crippen molar-refractivity contribution in [3.63, 3.8) is 0 Å². The van der Waals surface area contributed by atoms with Crippen LogP contribution in [-0.4, -0.2) is 65.7 Å². The molecule has 43 heavy (non-hydrogen) atoms. The first kappa shape index (κ1) is 27.2. The third-order valence-electron chi connectivity index (χ3n) is 8.53. The van der Waals surface area contributed by atoms with E-state index < -0.39 is 5.97 Å². The Kier molecular flexibility index (Phi) is 6.91. The number of amides is 2. The fraction of sp³-hybridized carbons (Fsp3) is 0.281. The number of hydrogen-bond donors (Lipinski definition) is 2. The molecular formula is C32H29N5O5S. The van der Waals surface area contributed by atoms with Gasteiger partial charge in [-0.3, -0.25) is 14.6 Å². The highest BCUT2D eigenvalue weighted by Crippen LogP contribution is 2.43. The maximum Gasteiger partial charge on any atom is 0.345 e. The summed E-state index contributed by atoms with van der Waals surface area (Å²) in [4.78, 5) is 52.3. The number of nitrogens with one attached hydrogen (secondary N) is 1. The van der Waals surface area contributed by atoms with Gasteiger partial charge in [0.05, 0.1) is 17.4 Å². The van der Waals surface area contributed by atoms with Crippen LogP contribution in [0.3, 0.4) is 0 Å². The lowest BCUT2D eigenvalue weighted by Crippen LogP contribution is -2.59. The molecule has 3 aliphatic rings. The Morgan fingerprint density at radius 1 is 1.02 bits per heavy atom. The van der Waals surface area contributed by atoms with Crippen LogP contribution in [0.1, 0.15) is 48.8 Å². The molecule has 0 radical (unpaired) electrons. The number of ether oxygens (including phenoxy) is 1. The number of aromatic nitrogens is 2. The average molecular weight is 596 g/mol. The molecule has 2 N–H and O–H groups in total. The van der Waals surface area contributed by atoms with Gasteiger partial charge >= 0.3 is 5.97 Å². The van der Waals surface area contributed by atoms with Crippen LogP contribution in [0.15, 0.2) is 67.1 Å². The molecule has 11 heteroatoms. The summed E-state index contributed by atoms with van der Waals surface area (Å²) in [6.45, 7) is 3.69. The number of carboxylic acids is 1. The molecular weight excluding hydrogens is 566 g/mol. The van der Waals surface area contributed by atoms with Gasteiger partial charge in [-0.15, -0.1) is 11.3 Å². The molecule has 7 rings (SSSR count). The number of nitrogens with zero attached hydrogens (tertiary/aromatic N) is 4. The zero-order chi connectivity index (χ0) is 29.6. The summed E-state index contributed by atoms with van der Waals surface area (Å²) in [5, 5.41) is 12.4. The zero-order valence-corrected chi connectivity index (χ0v) is 24.1. The number of pyridine rings is 2. The Morgan fingerprint density at radius 3 is 2.58 bits per heavy atom. The first-order valence-corrected chi connectivity index (χ1v) is 15.0. The molecule has 0 aliphatic carbocycles. The van der Waals surface area contributed by atoms with Crippen molar-refractivity contribution < 1.29 is 24.2 Å². The summed E-state index contributed by atoms with van der Waals surface area (Å²) in [5.41, 5.74) is 4.13. The van der Waals surface area contributed by atoms with Gasteiger partial charge in [-0.2, -0.15) is 0 Å². The summed E-state index contributed by atoms with van der Waals surface area (Å²) < 4.78 is 5.53. The molecule has 0 unspecified atom stereocenters. The molecule has 1 aromatic carbocycles. The monoisotopic (exact) mass is 595 g/mol. The van der Waals surface area contributed by atoms with Gasteiger partial charge in [-0.25, -0.2) is 9.78 Å². The molecule has 3 aromatic heterocycles. The van der Waals surface area contributed by atoms with E-state index in [2.05, 4.69) is 20.2 Å². The molecule has 6 heterocycles. The number of anilines is 3. The Morgan fingerprint density at radius 2 is 1.81 bits per heavy atom. The number of rotatable bonds is 5. The van der Waals surface area contributed by atoms with Crippen molar-refractivity contribution in [1.82, 2.24) is 9.97 Å². The Bertz CT molecular complexity index is 1720. The minimum Gasteiger partial charge on any atom is -0.477 e. The van der Waals surface area contributed by atoms with Gasteiger partial charge in [0, 0.05) is 72.3 Å². The van der Waals surface area contributed by atoms with Gasteiger partial charge in [0.15, 0.2) is 0 Å². The topological polar surface area (TPSA) is 125 Å². The first-order chi connectivity index (χ1) is 20.9. The largest absolute Gasteiger partial charge is 0.477 e. The molecule has 1 spiro atoms. The molecule has 2 saturated heterocycles. The second-order valence-electron chi connectivity index (χ2n) is 11.2. The van der Waals surface area contributed by atoms with Crippen LogP contribution in [0.4, 0.5) is 17.2 Å². The van der Waals surface area contributed by atoms with E-state index in [1.165, 1.54) is 11.3 Å². The van der Waals surface area contributed by atoms with Crippen LogP contribution in [0, 0.1) is 5.41 Å². The van der Waals surface area contributed by atoms with Crippen molar-refractivity contribution in [2.24, 2.45) is 5.41 Å². The summed E-state index contributed by atoms with van der Waals surface area (Å²) in [6.07, 6.45) is 7.58. The minimum atomic E-state index is -0.961. The molecule has 4 aromatic rings. The molecule has 0 atom stereocenters. The number of fused-ring (bicyclic) bond motifs is 3. The van der Waals surface area contributed by atoms with Crippen molar-refractivity contribution in [3.8, 4) is 10.4 Å². The van der Waals surface area contributed by atoms with E-state index in [4.69, 9.17) is 4.74 Å². The quantitative estimate of drug-likeness (QED) is 0.331. The van der Waals surface area contributed by atoms with E-state index in [1.54, 1.807) is 66.0 Å². The first-order valence-electron chi connectivity index (χ1n) is 14.2. The SMILES string of the molecule is O=C(O)c1cc2c(s1)-c1ccncc1N(C(=O)c1ccc(NC(=O)c3cccnc3N3CC4(CCOCC4)C3)cc1)CC2. The van der Waals surface area contributed by atoms with Crippen LogP contribution >= 0.6 is 11.3 Å². The fourth-order valence-corrected chi connectivity index (χ4v) is 7.30. The van der Waals surface area contributed by atoms with Crippen LogP contribution in [0.25, 0.3) is 10.4 Å². The maximum absolute atomic E-state index is 13.7. The van der Waals surface area contributed by atoms with E-state index in [9.17, 15) is 19.5 Å². The summed E-state index contributed by atoms with van der Waals surface area (Å²) in [5.74, 6) is -0.733. The van der Waals surface area contributed by atoms with E-state index in [-0.39, 0.29) is 22.1 Å². The molecule has 2 amide bonds. The van der Waals surface area contributed by atoms with E-state index in [0.717, 1.165) is 55.1 Å². The number of hydrogen-bond acceptors (Lipinski definition) is 8. The second kappa shape index (κ2) is 10.9. The van der Waals surface area contributed by atoms with Crippen molar-refractivity contribution in [2.75, 3.05) is 48.0 Å². The van der Waals surface area contributed by atoms with E-state index in [0.29, 0.717) is 41.3 Å². The van der Waals surface area contributed by atoms with Gasteiger partial charge in [-0.05, 0) is 73.4 Å². The number of aromatic carboxylic acids is 1. The average Bonchev–Trinajstić information content (AvgIpc) is 3.39. The lowest BCUT2D eigenvalue weighted by molar-refractivity contribution is -0.000511. The van der Waals surface area contributed by atoms with Gasteiger partial charge < -0.3 is 25.0 Å². The summed E-state index contributed by atoms with van der Waals surface area (Å²) in [6, 6.07) is 13.9. The highest BCUT2D eigenvalue weighted by Gasteiger charge is 2.45. The minimum absolute atomic E-state index is 0.199. The van der Waals surface area contributed by atoms with Crippen molar-refractivity contribution >= 4 is 46.3 Å². The van der Waals surface area contributed by atoms with Crippen LogP contribution < -0.4 is 15.1 Å². The number of carbonyl (C=O) groups is 3. The molecule has 3 aliphatic heterocycles. The molecule has 2 fully saturated rings. The Labute approximate surface area is 252 Å². The predicted octanol–water partition coefficient (Wildman–Crippen LogP) is 4.98. The third-order valence-corrected chi connectivity index (χ3v) is 9.73. The maximum atomic E-state index is 13.7. The zero-order valence-electron chi connectivity index (χ0n) is 23.3. The highest BCUT2D eigenvalue weighted by molar-refractivity contribution is 7.17. The number of carboxylic acid groups (broad SMARTS) is 1. The third kappa shape index (κ3) is 5.04. The van der Waals surface area contributed by atoms with Gasteiger partial charge in [0.25, 0.3) is 11.8 Å². The van der Waals surface area contributed by atoms with E-state index >= 15 is 0 Å². The van der Waals surface area contributed by atoms with Gasteiger partial charge in [-0.1, -0.05) is 0 Å².